The second kappa shape index (κ2) is 2.87. The van der Waals surface area contributed by atoms with Crippen molar-refractivity contribution in [3.05, 3.63) is 22.1 Å². The third-order valence-corrected chi connectivity index (χ3v) is 4.77. The molecule has 1 aromatic rings. The van der Waals surface area contributed by atoms with Crippen LogP contribution in [0.5, 0.6) is 0 Å². The molecular formula is C7H5ClN2S2. The lowest BCUT2D eigenvalue weighted by molar-refractivity contribution is 1.08. The van der Waals surface area contributed by atoms with Crippen LogP contribution >= 0.6 is 11.6 Å². The summed E-state index contributed by atoms with van der Waals surface area (Å²) in [6, 6.07) is 0. The summed E-state index contributed by atoms with van der Waals surface area (Å²) in [4.78, 5) is 10.0. The van der Waals surface area contributed by atoms with Gasteiger partial charge >= 0.3 is 0 Å². The summed E-state index contributed by atoms with van der Waals surface area (Å²) in [6.07, 6.45) is 3.43. The topological polar surface area (TPSA) is 25.8 Å². The zero-order chi connectivity index (χ0) is 8.72. The Bertz CT molecular complexity index is 400. The van der Waals surface area contributed by atoms with Crippen molar-refractivity contribution >= 4 is 38.3 Å². The summed E-state index contributed by atoms with van der Waals surface area (Å²) in [5.41, 5.74) is 0.880. The fraction of sp³-hybridized carbons (Fsp3) is 0.143. The van der Waals surface area contributed by atoms with Gasteiger partial charge in [-0.05, 0) is 29.1 Å². The Morgan fingerprint density at radius 1 is 1.50 bits per heavy atom. The van der Waals surface area contributed by atoms with E-state index in [0.29, 0.717) is 5.15 Å². The van der Waals surface area contributed by atoms with Crippen LogP contribution in [0.3, 0.4) is 0 Å². The fourth-order valence-electron chi connectivity index (χ4n) is 1.05. The molecular weight excluding hydrogens is 212 g/mol. The van der Waals surface area contributed by atoms with Gasteiger partial charge < -0.3 is 0 Å². The molecule has 0 saturated heterocycles. The molecule has 0 N–H and O–H groups in total. The molecule has 1 aliphatic rings. The second-order valence-corrected chi connectivity index (χ2v) is 5.35. The van der Waals surface area contributed by atoms with Gasteiger partial charge in [-0.25, -0.2) is 9.97 Å². The van der Waals surface area contributed by atoms with Gasteiger partial charge in [-0.1, -0.05) is 21.1 Å². The number of rotatable bonds is 0. The van der Waals surface area contributed by atoms with Crippen molar-refractivity contribution in [1.82, 2.24) is 9.97 Å². The van der Waals surface area contributed by atoms with E-state index < -0.39 is 0 Å². The zero-order valence-electron chi connectivity index (χ0n) is 6.24. The average molecular weight is 217 g/mol. The number of hydrogen-bond donors (Lipinski definition) is 0. The maximum Gasteiger partial charge on any atom is 0.147 e. The van der Waals surface area contributed by atoms with Crippen LogP contribution < -0.4 is 0 Å². The standard InChI is InChI=1S/C7H5ClN2S2/c1-4-2-5-6(12(4)11)7(8)10-3-9-5/h2-3H,1H3. The lowest BCUT2D eigenvalue weighted by atomic mass is 10.4. The molecule has 0 aliphatic carbocycles. The Morgan fingerprint density at radius 2 is 2.25 bits per heavy atom. The number of hydrogen-bond acceptors (Lipinski definition) is 3. The minimum Gasteiger partial charge on any atom is -0.236 e. The number of fused-ring (bicyclic) bond motifs is 1. The molecule has 62 valence electrons. The van der Waals surface area contributed by atoms with Crippen molar-refractivity contribution in [3.8, 4) is 0 Å². The predicted molar refractivity (Wildman–Crippen MR) is 53.7 cm³/mol. The van der Waals surface area contributed by atoms with E-state index in [1.54, 1.807) is 0 Å². The quantitative estimate of drug-likeness (QED) is 0.620. The summed E-state index contributed by atoms with van der Waals surface area (Å²) >= 11 is 11.1. The molecule has 2 rings (SSSR count). The van der Waals surface area contributed by atoms with Crippen molar-refractivity contribution in [3.63, 3.8) is 0 Å². The normalized spacial score (nSPS) is 20.5. The van der Waals surface area contributed by atoms with Gasteiger partial charge in [-0.15, -0.1) is 0 Å². The molecule has 1 unspecified atom stereocenters. The largest absolute Gasteiger partial charge is 0.236 e. The molecule has 1 aromatic heterocycles. The zero-order valence-corrected chi connectivity index (χ0v) is 8.63. The van der Waals surface area contributed by atoms with Gasteiger partial charge in [-0.3, -0.25) is 0 Å². The van der Waals surface area contributed by atoms with Crippen molar-refractivity contribution in [2.24, 2.45) is 0 Å². The summed E-state index contributed by atoms with van der Waals surface area (Å²) in [5.74, 6) is 0. The van der Waals surface area contributed by atoms with E-state index in [0.717, 1.165) is 15.5 Å². The van der Waals surface area contributed by atoms with Gasteiger partial charge in [0.05, 0.1) is 10.6 Å². The third kappa shape index (κ3) is 1.11. The molecule has 5 heteroatoms. The van der Waals surface area contributed by atoms with Crippen LogP contribution in [0.4, 0.5) is 0 Å². The first-order valence-electron chi connectivity index (χ1n) is 3.30. The molecule has 2 nitrogen and oxygen atoms in total. The predicted octanol–water partition coefficient (Wildman–Crippen LogP) is 1.94. The smallest absolute Gasteiger partial charge is 0.147 e. The highest BCUT2D eigenvalue weighted by atomic mass is 35.5. The maximum absolute atomic E-state index is 5.89. The Hall–Kier alpha value is -0.320. The number of allylic oxidation sites excluding steroid dienone is 1. The van der Waals surface area contributed by atoms with Crippen LogP contribution in [-0.2, 0) is 20.6 Å². The van der Waals surface area contributed by atoms with Crippen LogP contribution in [-0.4, -0.2) is 9.97 Å². The molecule has 0 radical (unpaired) electrons. The van der Waals surface area contributed by atoms with Gasteiger partial charge in [0.25, 0.3) is 0 Å². The minimum absolute atomic E-state index is 0.317. The Morgan fingerprint density at radius 3 is 2.92 bits per heavy atom. The van der Waals surface area contributed by atoms with Gasteiger partial charge in [0.15, 0.2) is 0 Å². The Labute approximate surface area is 82.3 Å². The molecule has 12 heavy (non-hydrogen) atoms. The molecule has 0 fully saturated rings. The van der Waals surface area contributed by atoms with Crippen LogP contribution in [0.15, 0.2) is 16.1 Å². The first-order chi connectivity index (χ1) is 5.70. The minimum atomic E-state index is -0.317. The van der Waals surface area contributed by atoms with Gasteiger partial charge in [-0.2, -0.15) is 0 Å². The SMILES string of the molecule is CC1=Cc2ncnc(Cl)c2S1=S. The highest BCUT2D eigenvalue weighted by Gasteiger charge is 2.19. The lowest BCUT2D eigenvalue weighted by Gasteiger charge is -2.00. The van der Waals surface area contributed by atoms with Crippen molar-refractivity contribution in [2.75, 3.05) is 0 Å². The van der Waals surface area contributed by atoms with E-state index in [1.165, 1.54) is 6.33 Å². The summed E-state index contributed by atoms with van der Waals surface area (Å²) in [6.45, 7) is 1.99. The van der Waals surface area contributed by atoms with Crippen molar-refractivity contribution in [2.45, 2.75) is 11.8 Å². The number of halogens is 1. The van der Waals surface area contributed by atoms with Gasteiger partial charge in [0, 0.05) is 0 Å². The second-order valence-electron chi connectivity index (χ2n) is 2.40. The van der Waals surface area contributed by atoms with E-state index in [1.807, 2.05) is 13.0 Å². The van der Waals surface area contributed by atoms with Crippen LogP contribution in [0.1, 0.15) is 12.6 Å². The molecule has 0 saturated carbocycles. The molecule has 0 amide bonds. The monoisotopic (exact) mass is 216 g/mol. The maximum atomic E-state index is 5.89. The summed E-state index contributed by atoms with van der Waals surface area (Å²) in [5, 5.41) is 0.492. The first kappa shape index (κ1) is 8.29. The van der Waals surface area contributed by atoms with Crippen LogP contribution in [0.25, 0.3) is 6.08 Å². The van der Waals surface area contributed by atoms with E-state index in [9.17, 15) is 0 Å². The van der Waals surface area contributed by atoms with E-state index in [2.05, 4.69) is 9.97 Å². The highest BCUT2D eigenvalue weighted by molar-refractivity contribution is 8.31. The summed E-state index contributed by atoms with van der Waals surface area (Å²) in [7, 11) is -0.317. The van der Waals surface area contributed by atoms with Crippen LogP contribution in [0.2, 0.25) is 5.15 Å². The van der Waals surface area contributed by atoms with Crippen LogP contribution in [0, 0.1) is 0 Å². The first-order valence-corrected chi connectivity index (χ1v) is 5.83. The Kier molecular flexibility index (Phi) is 1.98. The van der Waals surface area contributed by atoms with Crippen molar-refractivity contribution in [1.29, 1.82) is 0 Å². The molecule has 2 heterocycles. The molecule has 0 bridgehead atoms. The lowest BCUT2D eigenvalue weighted by Crippen LogP contribution is -1.92. The molecule has 0 spiro atoms. The van der Waals surface area contributed by atoms with E-state index >= 15 is 0 Å². The third-order valence-electron chi connectivity index (χ3n) is 1.61. The van der Waals surface area contributed by atoms with Crippen molar-refractivity contribution < 1.29 is 0 Å². The molecule has 1 aliphatic heterocycles. The van der Waals surface area contributed by atoms with Gasteiger partial charge in [0.1, 0.15) is 11.5 Å². The number of nitrogens with zero attached hydrogens (tertiary/aromatic N) is 2. The molecule has 1 atom stereocenters. The average Bonchev–Trinajstić information content (AvgIpc) is 2.29. The fourth-order valence-corrected chi connectivity index (χ4v) is 3.24. The number of aromatic nitrogens is 2. The highest BCUT2D eigenvalue weighted by Crippen LogP contribution is 2.31. The molecule has 0 aromatic carbocycles. The van der Waals surface area contributed by atoms with Gasteiger partial charge in [0.2, 0.25) is 0 Å². The Balaban J connectivity index is 2.72. The van der Waals surface area contributed by atoms with E-state index in [-0.39, 0.29) is 9.45 Å². The van der Waals surface area contributed by atoms with E-state index in [4.69, 9.17) is 22.8 Å². The summed E-state index contributed by atoms with van der Waals surface area (Å²) < 4.78 is 0.